The molecule has 1 N–H and O–H groups in total. The van der Waals surface area contributed by atoms with E-state index in [1.807, 2.05) is 53.1 Å². The minimum atomic E-state index is 0.0642. The Bertz CT molecular complexity index is 944. The molecule has 0 unspecified atom stereocenters. The van der Waals surface area contributed by atoms with Gasteiger partial charge in [-0.15, -0.1) is 0 Å². The zero-order valence-electron chi connectivity index (χ0n) is 14.9. The van der Waals surface area contributed by atoms with Gasteiger partial charge in [0.15, 0.2) is 0 Å². The van der Waals surface area contributed by atoms with Crippen LogP contribution in [0.4, 0.5) is 0 Å². The van der Waals surface area contributed by atoms with Gasteiger partial charge in [0.25, 0.3) is 5.56 Å². The van der Waals surface area contributed by atoms with E-state index in [2.05, 4.69) is 15.4 Å². The minimum absolute atomic E-state index is 0.0642. The van der Waals surface area contributed by atoms with E-state index in [1.165, 1.54) is 16.8 Å². The number of rotatable bonds is 5. The number of hydrogen-bond donors (Lipinski definition) is 1. The fourth-order valence-corrected chi connectivity index (χ4v) is 3.67. The fraction of sp³-hybridized carbons (Fsp3) is 0.350. The number of aromatic nitrogens is 4. The van der Waals surface area contributed by atoms with Crippen molar-refractivity contribution in [3.05, 3.63) is 81.8 Å². The first kappa shape index (κ1) is 16.7. The lowest BCUT2D eigenvalue weighted by atomic mass is 9.91. The maximum Gasteiger partial charge on any atom is 0.251 e. The van der Waals surface area contributed by atoms with Crippen LogP contribution in [0, 0.1) is 0 Å². The first-order valence-corrected chi connectivity index (χ1v) is 9.00. The molecule has 0 spiro atoms. The van der Waals surface area contributed by atoms with Gasteiger partial charge < -0.3 is 9.88 Å². The number of nitrogens with zero attached hydrogens (tertiary/aromatic N) is 4. The quantitative estimate of drug-likeness (QED) is 0.761. The Hall–Kier alpha value is -2.73. The van der Waals surface area contributed by atoms with Gasteiger partial charge in [-0.25, -0.2) is 0 Å². The topological polar surface area (TPSA) is 64.7 Å². The summed E-state index contributed by atoms with van der Waals surface area (Å²) in [6, 6.07) is 8.04. The van der Waals surface area contributed by atoms with Crippen LogP contribution in [-0.2, 0) is 33.0 Å². The number of nitrogens with one attached hydrogen (secondary N) is 1. The summed E-state index contributed by atoms with van der Waals surface area (Å²) in [5, 5.41) is 7.84. The van der Waals surface area contributed by atoms with Crippen molar-refractivity contribution >= 4 is 0 Å². The standard InChI is InChI=1S/C20H23N5O/c1-24-13-16(12-23-24)11-22-18-5-6-19-17(9-18)4-7-20(26)25(19)14-15-3-2-8-21-10-15/h2-4,7-8,10,12-13,18,22H,5-6,9,11,14H2,1H3/t18-/m1/s1. The molecule has 3 heterocycles. The van der Waals surface area contributed by atoms with E-state index >= 15 is 0 Å². The van der Waals surface area contributed by atoms with E-state index in [9.17, 15) is 4.79 Å². The molecule has 0 saturated carbocycles. The van der Waals surface area contributed by atoms with Crippen LogP contribution in [0.1, 0.15) is 28.8 Å². The van der Waals surface area contributed by atoms with E-state index in [4.69, 9.17) is 0 Å². The average molecular weight is 349 g/mol. The Labute approximate surface area is 152 Å². The molecule has 134 valence electrons. The molecule has 0 radical (unpaired) electrons. The van der Waals surface area contributed by atoms with Gasteiger partial charge in [0, 0.05) is 55.5 Å². The third-order valence-corrected chi connectivity index (χ3v) is 5.00. The maximum atomic E-state index is 12.4. The van der Waals surface area contributed by atoms with Crippen molar-refractivity contribution in [2.75, 3.05) is 0 Å². The van der Waals surface area contributed by atoms with E-state index < -0.39 is 0 Å². The molecule has 1 aliphatic carbocycles. The van der Waals surface area contributed by atoms with Crippen LogP contribution in [0.3, 0.4) is 0 Å². The van der Waals surface area contributed by atoms with Crippen LogP contribution < -0.4 is 10.9 Å². The van der Waals surface area contributed by atoms with Crippen molar-refractivity contribution < 1.29 is 0 Å². The Morgan fingerprint density at radius 1 is 1.23 bits per heavy atom. The van der Waals surface area contributed by atoms with E-state index in [-0.39, 0.29) is 5.56 Å². The van der Waals surface area contributed by atoms with Gasteiger partial charge in [0.1, 0.15) is 0 Å². The number of aryl methyl sites for hydroxylation is 1. The van der Waals surface area contributed by atoms with Gasteiger partial charge in [0.05, 0.1) is 12.7 Å². The summed E-state index contributed by atoms with van der Waals surface area (Å²) in [4.78, 5) is 16.6. The second-order valence-electron chi connectivity index (χ2n) is 6.93. The molecule has 0 aromatic carbocycles. The van der Waals surface area contributed by atoms with Gasteiger partial charge in [-0.05, 0) is 36.5 Å². The molecule has 3 aromatic rings. The average Bonchev–Trinajstić information content (AvgIpc) is 3.08. The number of pyridine rings is 2. The summed E-state index contributed by atoms with van der Waals surface area (Å²) in [6.45, 7) is 1.41. The van der Waals surface area contributed by atoms with Crippen LogP contribution in [0.15, 0.2) is 53.8 Å². The third-order valence-electron chi connectivity index (χ3n) is 5.00. The van der Waals surface area contributed by atoms with Gasteiger partial charge in [0.2, 0.25) is 0 Å². The molecule has 0 bridgehead atoms. The first-order chi connectivity index (χ1) is 12.7. The van der Waals surface area contributed by atoms with Crippen molar-refractivity contribution in [1.29, 1.82) is 0 Å². The van der Waals surface area contributed by atoms with Crippen molar-refractivity contribution in [2.45, 2.75) is 38.4 Å². The van der Waals surface area contributed by atoms with Crippen LogP contribution in [-0.4, -0.2) is 25.4 Å². The van der Waals surface area contributed by atoms with E-state index in [0.717, 1.165) is 31.4 Å². The zero-order chi connectivity index (χ0) is 17.9. The highest BCUT2D eigenvalue weighted by atomic mass is 16.1. The van der Waals surface area contributed by atoms with Crippen molar-refractivity contribution in [1.82, 2.24) is 24.6 Å². The Morgan fingerprint density at radius 2 is 2.15 bits per heavy atom. The largest absolute Gasteiger partial charge is 0.309 e. The van der Waals surface area contributed by atoms with Crippen LogP contribution in [0.2, 0.25) is 0 Å². The lowest BCUT2D eigenvalue weighted by Gasteiger charge is -2.27. The normalized spacial score (nSPS) is 16.4. The van der Waals surface area contributed by atoms with Crippen molar-refractivity contribution in [3.8, 4) is 0 Å². The summed E-state index contributed by atoms with van der Waals surface area (Å²) >= 11 is 0. The molecule has 0 saturated heterocycles. The van der Waals surface area contributed by atoms with Gasteiger partial charge in [-0.1, -0.05) is 12.1 Å². The molecule has 3 aromatic heterocycles. The fourth-order valence-electron chi connectivity index (χ4n) is 3.67. The Morgan fingerprint density at radius 3 is 2.92 bits per heavy atom. The molecule has 0 amide bonds. The predicted molar refractivity (Wildman–Crippen MR) is 99.9 cm³/mol. The lowest BCUT2D eigenvalue weighted by molar-refractivity contribution is 0.443. The third kappa shape index (κ3) is 3.60. The molecule has 1 atom stereocenters. The first-order valence-electron chi connectivity index (χ1n) is 9.00. The van der Waals surface area contributed by atoms with Gasteiger partial charge in [-0.2, -0.15) is 5.10 Å². The SMILES string of the molecule is Cn1cc(CN[C@@H]2CCc3c(ccc(=O)n3Cc3cccnc3)C2)cn1. The molecule has 6 heteroatoms. The molecular formula is C20H23N5O. The minimum Gasteiger partial charge on any atom is -0.309 e. The predicted octanol–water partition coefficient (Wildman–Crippen LogP) is 1.67. The van der Waals surface area contributed by atoms with Gasteiger partial charge >= 0.3 is 0 Å². The molecule has 0 fully saturated rings. The monoisotopic (exact) mass is 349 g/mol. The summed E-state index contributed by atoms with van der Waals surface area (Å²) < 4.78 is 3.73. The highest BCUT2D eigenvalue weighted by Gasteiger charge is 2.21. The second-order valence-corrected chi connectivity index (χ2v) is 6.93. The maximum absolute atomic E-state index is 12.4. The lowest BCUT2D eigenvalue weighted by Crippen LogP contribution is -2.37. The summed E-state index contributed by atoms with van der Waals surface area (Å²) in [6.07, 6.45) is 10.4. The van der Waals surface area contributed by atoms with E-state index in [1.54, 1.807) is 12.3 Å². The number of hydrogen-bond acceptors (Lipinski definition) is 4. The smallest absolute Gasteiger partial charge is 0.251 e. The molecular weight excluding hydrogens is 326 g/mol. The number of fused-ring (bicyclic) bond motifs is 1. The van der Waals surface area contributed by atoms with Crippen LogP contribution >= 0.6 is 0 Å². The molecule has 26 heavy (non-hydrogen) atoms. The highest BCUT2D eigenvalue weighted by Crippen LogP contribution is 2.21. The zero-order valence-corrected chi connectivity index (χ0v) is 14.9. The summed E-state index contributed by atoms with van der Waals surface area (Å²) in [5.41, 5.74) is 4.75. The molecule has 4 rings (SSSR count). The Kier molecular flexibility index (Phi) is 4.67. The molecule has 0 aliphatic heterocycles. The van der Waals surface area contributed by atoms with Crippen LogP contribution in [0.5, 0.6) is 0 Å². The Balaban J connectivity index is 1.49. The second kappa shape index (κ2) is 7.25. The van der Waals surface area contributed by atoms with E-state index in [0.29, 0.717) is 12.6 Å². The van der Waals surface area contributed by atoms with Gasteiger partial charge in [-0.3, -0.25) is 14.5 Å². The summed E-state index contributed by atoms with van der Waals surface area (Å²) in [7, 11) is 1.93. The van der Waals surface area contributed by atoms with Crippen molar-refractivity contribution in [3.63, 3.8) is 0 Å². The van der Waals surface area contributed by atoms with Crippen molar-refractivity contribution in [2.24, 2.45) is 7.05 Å². The molecule has 6 nitrogen and oxygen atoms in total. The highest BCUT2D eigenvalue weighted by molar-refractivity contribution is 5.27. The summed E-state index contributed by atoms with van der Waals surface area (Å²) in [5.74, 6) is 0. The van der Waals surface area contributed by atoms with Crippen LogP contribution in [0.25, 0.3) is 0 Å². The molecule has 1 aliphatic rings.